The van der Waals surface area contributed by atoms with Gasteiger partial charge in [0.05, 0.1) is 6.04 Å². The minimum Gasteiger partial charge on any atom is -0.378 e. The first-order chi connectivity index (χ1) is 10.3. The number of anilines is 1. The summed E-state index contributed by atoms with van der Waals surface area (Å²) < 4.78 is 0. The first kappa shape index (κ1) is 14.2. The van der Waals surface area contributed by atoms with Crippen molar-refractivity contribution in [3.8, 4) is 0 Å². The maximum atomic E-state index is 3.67. The molecule has 1 heterocycles. The molecule has 1 aliphatic rings. The maximum absolute atomic E-state index is 3.67. The van der Waals surface area contributed by atoms with Crippen LogP contribution in [0.1, 0.15) is 55.0 Å². The van der Waals surface area contributed by atoms with E-state index in [1.165, 1.54) is 47.2 Å². The molecule has 0 saturated carbocycles. The van der Waals surface area contributed by atoms with E-state index in [1.807, 2.05) is 0 Å². The molecular formula is C20H25N. The van der Waals surface area contributed by atoms with Crippen LogP contribution in [-0.2, 0) is 19.3 Å². The summed E-state index contributed by atoms with van der Waals surface area (Å²) in [5.41, 5.74) is 7.10. The Morgan fingerprint density at radius 3 is 2.48 bits per heavy atom. The Balaban J connectivity index is 1.74. The van der Waals surface area contributed by atoms with Gasteiger partial charge in [-0.1, -0.05) is 56.7 Å². The lowest BCUT2D eigenvalue weighted by Crippen LogP contribution is -2.05. The van der Waals surface area contributed by atoms with Gasteiger partial charge in [0.2, 0.25) is 0 Å². The van der Waals surface area contributed by atoms with Crippen LogP contribution < -0.4 is 5.32 Å². The molecule has 3 rings (SSSR count). The number of hydrogen-bond donors (Lipinski definition) is 1. The lowest BCUT2D eigenvalue weighted by molar-refractivity contribution is 0.792. The van der Waals surface area contributed by atoms with Gasteiger partial charge in [0.25, 0.3) is 0 Å². The van der Waals surface area contributed by atoms with Crippen LogP contribution in [0.2, 0.25) is 0 Å². The average molecular weight is 279 g/mol. The summed E-state index contributed by atoms with van der Waals surface area (Å²) >= 11 is 0. The highest BCUT2D eigenvalue weighted by atomic mass is 14.9. The molecule has 2 aromatic carbocycles. The third kappa shape index (κ3) is 3.12. The van der Waals surface area contributed by atoms with Gasteiger partial charge in [0, 0.05) is 5.69 Å². The zero-order valence-corrected chi connectivity index (χ0v) is 13.2. The highest BCUT2D eigenvalue weighted by Crippen LogP contribution is 2.35. The van der Waals surface area contributed by atoms with Crippen LogP contribution in [0, 0.1) is 0 Å². The highest BCUT2D eigenvalue weighted by molar-refractivity contribution is 5.59. The first-order valence-corrected chi connectivity index (χ1v) is 8.27. The van der Waals surface area contributed by atoms with Gasteiger partial charge in [-0.25, -0.2) is 0 Å². The molecule has 0 fully saturated rings. The van der Waals surface area contributed by atoms with Crippen molar-refractivity contribution in [2.45, 2.75) is 52.0 Å². The standard InChI is InChI=1S/C20H25N/c1-3-5-6-16-9-12-19-18(13-16)14-20(21-19)17-10-7-15(4-2)8-11-17/h7-13,20-21H,3-6,14H2,1-2H3. The van der Waals surface area contributed by atoms with Gasteiger partial charge in [-0.15, -0.1) is 0 Å². The second-order valence-corrected chi connectivity index (χ2v) is 6.09. The zero-order valence-electron chi connectivity index (χ0n) is 13.2. The van der Waals surface area contributed by atoms with E-state index in [-0.39, 0.29) is 0 Å². The Morgan fingerprint density at radius 2 is 1.76 bits per heavy atom. The third-order valence-electron chi connectivity index (χ3n) is 4.53. The molecule has 1 atom stereocenters. The normalized spacial score (nSPS) is 16.6. The molecule has 1 unspecified atom stereocenters. The lowest BCUT2D eigenvalue weighted by atomic mass is 9.99. The smallest absolute Gasteiger partial charge is 0.0555 e. The SMILES string of the molecule is CCCCc1ccc2c(c1)CC(c1ccc(CC)cc1)N2. The fraction of sp³-hybridized carbons (Fsp3) is 0.400. The molecule has 0 aliphatic carbocycles. The van der Waals surface area contributed by atoms with Crippen LogP contribution in [0.25, 0.3) is 0 Å². The Morgan fingerprint density at radius 1 is 1.00 bits per heavy atom. The van der Waals surface area contributed by atoms with Crippen molar-refractivity contribution < 1.29 is 0 Å². The highest BCUT2D eigenvalue weighted by Gasteiger charge is 2.21. The Hall–Kier alpha value is -1.76. The second kappa shape index (κ2) is 6.34. The largest absolute Gasteiger partial charge is 0.378 e. The number of benzene rings is 2. The minimum atomic E-state index is 0.437. The molecule has 0 radical (unpaired) electrons. The molecule has 1 nitrogen and oxygen atoms in total. The molecule has 21 heavy (non-hydrogen) atoms. The van der Waals surface area contributed by atoms with E-state index >= 15 is 0 Å². The van der Waals surface area contributed by atoms with Crippen molar-refractivity contribution in [3.63, 3.8) is 0 Å². The van der Waals surface area contributed by atoms with E-state index in [0.29, 0.717) is 6.04 Å². The molecule has 1 N–H and O–H groups in total. The molecule has 0 spiro atoms. The topological polar surface area (TPSA) is 12.0 Å². The fourth-order valence-electron chi connectivity index (χ4n) is 3.14. The van der Waals surface area contributed by atoms with Crippen molar-refractivity contribution in [2.24, 2.45) is 0 Å². The molecule has 0 aromatic heterocycles. The fourth-order valence-corrected chi connectivity index (χ4v) is 3.14. The summed E-state index contributed by atoms with van der Waals surface area (Å²) in [7, 11) is 0. The van der Waals surface area contributed by atoms with E-state index in [1.54, 1.807) is 0 Å². The Labute approximate surface area is 128 Å². The van der Waals surface area contributed by atoms with Gasteiger partial charge in [-0.05, 0) is 54.0 Å². The maximum Gasteiger partial charge on any atom is 0.0555 e. The average Bonchev–Trinajstić information content (AvgIpc) is 2.96. The minimum absolute atomic E-state index is 0.437. The summed E-state index contributed by atoms with van der Waals surface area (Å²) in [6.07, 6.45) is 5.98. The summed E-state index contributed by atoms with van der Waals surface area (Å²) in [5.74, 6) is 0. The van der Waals surface area contributed by atoms with Crippen LogP contribution in [0.4, 0.5) is 5.69 Å². The summed E-state index contributed by atoms with van der Waals surface area (Å²) in [6.45, 7) is 4.46. The van der Waals surface area contributed by atoms with Crippen LogP contribution >= 0.6 is 0 Å². The third-order valence-corrected chi connectivity index (χ3v) is 4.53. The number of fused-ring (bicyclic) bond motifs is 1. The van der Waals surface area contributed by atoms with Crippen LogP contribution in [0.5, 0.6) is 0 Å². The van der Waals surface area contributed by atoms with E-state index in [2.05, 4.69) is 61.6 Å². The van der Waals surface area contributed by atoms with E-state index in [4.69, 9.17) is 0 Å². The van der Waals surface area contributed by atoms with Gasteiger partial charge in [0.15, 0.2) is 0 Å². The van der Waals surface area contributed by atoms with Gasteiger partial charge in [0.1, 0.15) is 0 Å². The van der Waals surface area contributed by atoms with Gasteiger partial charge >= 0.3 is 0 Å². The number of aryl methyl sites for hydroxylation is 2. The molecular weight excluding hydrogens is 254 g/mol. The summed E-state index contributed by atoms with van der Waals surface area (Å²) in [5, 5.41) is 3.67. The number of hydrogen-bond acceptors (Lipinski definition) is 1. The quantitative estimate of drug-likeness (QED) is 0.783. The Bertz CT molecular complexity index is 598. The first-order valence-electron chi connectivity index (χ1n) is 8.27. The Kier molecular flexibility index (Phi) is 4.28. The zero-order chi connectivity index (χ0) is 14.7. The van der Waals surface area contributed by atoms with Crippen molar-refractivity contribution >= 4 is 5.69 Å². The van der Waals surface area contributed by atoms with E-state index in [0.717, 1.165) is 12.8 Å². The summed E-state index contributed by atoms with van der Waals surface area (Å²) in [6, 6.07) is 16.5. The number of rotatable bonds is 5. The van der Waals surface area contributed by atoms with Gasteiger partial charge in [-0.2, -0.15) is 0 Å². The molecule has 2 aromatic rings. The number of nitrogens with one attached hydrogen (secondary N) is 1. The van der Waals surface area contributed by atoms with Gasteiger partial charge < -0.3 is 5.32 Å². The van der Waals surface area contributed by atoms with Crippen molar-refractivity contribution in [1.29, 1.82) is 0 Å². The lowest BCUT2D eigenvalue weighted by Gasteiger charge is -2.12. The monoisotopic (exact) mass is 279 g/mol. The second-order valence-electron chi connectivity index (χ2n) is 6.09. The predicted molar refractivity (Wildman–Crippen MR) is 90.9 cm³/mol. The van der Waals surface area contributed by atoms with Gasteiger partial charge in [-0.3, -0.25) is 0 Å². The van der Waals surface area contributed by atoms with Crippen molar-refractivity contribution in [1.82, 2.24) is 0 Å². The molecule has 0 amide bonds. The molecule has 1 aliphatic heterocycles. The molecule has 0 saturated heterocycles. The van der Waals surface area contributed by atoms with E-state index < -0.39 is 0 Å². The molecule has 0 bridgehead atoms. The van der Waals surface area contributed by atoms with Crippen molar-refractivity contribution in [3.05, 3.63) is 64.7 Å². The molecule has 1 heteroatoms. The van der Waals surface area contributed by atoms with Crippen molar-refractivity contribution in [2.75, 3.05) is 5.32 Å². The number of unbranched alkanes of at least 4 members (excludes halogenated alkanes) is 1. The molecule has 110 valence electrons. The van der Waals surface area contributed by atoms with Crippen LogP contribution in [-0.4, -0.2) is 0 Å². The predicted octanol–water partition coefficient (Wildman–Crippen LogP) is 5.30. The van der Waals surface area contributed by atoms with E-state index in [9.17, 15) is 0 Å². The van der Waals surface area contributed by atoms with Crippen LogP contribution in [0.15, 0.2) is 42.5 Å². The van der Waals surface area contributed by atoms with Crippen LogP contribution in [0.3, 0.4) is 0 Å². The summed E-state index contributed by atoms with van der Waals surface area (Å²) in [4.78, 5) is 0.